The van der Waals surface area contributed by atoms with Crippen molar-refractivity contribution in [1.29, 1.82) is 0 Å². The maximum Gasteiger partial charge on any atom is 0.0705 e. The molecule has 0 aliphatic carbocycles. The average Bonchev–Trinajstić information content (AvgIpc) is 2.55. The lowest BCUT2D eigenvalue weighted by Crippen LogP contribution is -1.63. The summed E-state index contributed by atoms with van der Waals surface area (Å²) >= 11 is 9.73. The van der Waals surface area contributed by atoms with E-state index in [0.717, 1.165) is 0 Å². The summed E-state index contributed by atoms with van der Waals surface area (Å²) in [5.74, 6) is 0. The number of halogens is 1. The Kier molecular flexibility index (Phi) is 3.28. The molecule has 5 heteroatoms. The first kappa shape index (κ1) is 8.93. The number of thioether (sulfide) groups is 4. The Bertz CT molecular complexity index is 256. The van der Waals surface area contributed by atoms with Crippen LogP contribution in [0.2, 0.25) is 0 Å². The minimum absolute atomic E-state index is 1.38. The normalized spacial score (nSPS) is 23.2. The van der Waals surface area contributed by atoms with Crippen molar-refractivity contribution in [2.45, 2.75) is 0 Å². The van der Waals surface area contributed by atoms with Gasteiger partial charge in [0, 0.05) is 0 Å². The fraction of sp³-hybridized carbons (Fsp3) is 0. The van der Waals surface area contributed by atoms with Crippen LogP contribution in [-0.2, 0) is 0 Å². The van der Waals surface area contributed by atoms with Crippen LogP contribution in [0, 0.1) is 0 Å². The van der Waals surface area contributed by atoms with Crippen LogP contribution < -0.4 is 0 Å². The summed E-state index contributed by atoms with van der Waals surface area (Å²) in [6, 6.07) is 0. The van der Waals surface area contributed by atoms with Crippen molar-refractivity contribution in [3.05, 3.63) is 27.6 Å². The van der Waals surface area contributed by atoms with E-state index < -0.39 is 0 Å². The maximum absolute atomic E-state index is 2.36. The molecule has 0 unspecified atom stereocenters. The zero-order chi connectivity index (χ0) is 7.68. The van der Waals surface area contributed by atoms with Crippen molar-refractivity contribution in [1.82, 2.24) is 0 Å². The molecule has 0 bridgehead atoms. The largest absolute Gasteiger partial charge is 0.0884 e. The Morgan fingerprint density at radius 1 is 1.00 bits per heavy atom. The highest BCUT2D eigenvalue weighted by molar-refractivity contribution is 14.1. The molecule has 2 aliphatic rings. The molecule has 0 atom stereocenters. The second kappa shape index (κ2) is 4.04. The van der Waals surface area contributed by atoms with E-state index in [-0.39, 0.29) is 0 Å². The second-order valence-corrected chi connectivity index (χ2v) is 7.90. The summed E-state index contributed by atoms with van der Waals surface area (Å²) in [4.78, 5) is 0. The first-order valence-electron chi connectivity index (χ1n) is 2.79. The highest BCUT2D eigenvalue weighted by Gasteiger charge is 2.16. The molecule has 0 amide bonds. The average molecular weight is 330 g/mol. The molecule has 58 valence electrons. The van der Waals surface area contributed by atoms with Crippen molar-refractivity contribution in [2.75, 3.05) is 0 Å². The topological polar surface area (TPSA) is 0 Å². The molecular weight excluding hydrogens is 327 g/mol. The lowest BCUT2D eigenvalue weighted by atomic mass is 11.2. The van der Waals surface area contributed by atoms with E-state index in [1.807, 2.05) is 47.0 Å². The zero-order valence-electron chi connectivity index (χ0n) is 5.24. The number of hydrogen-bond donors (Lipinski definition) is 0. The van der Waals surface area contributed by atoms with Crippen LogP contribution in [-0.4, -0.2) is 0 Å². The minimum Gasteiger partial charge on any atom is -0.0884 e. The molecule has 2 rings (SSSR count). The van der Waals surface area contributed by atoms with Crippen molar-refractivity contribution in [3.63, 3.8) is 0 Å². The Morgan fingerprint density at radius 3 is 2.27 bits per heavy atom. The van der Waals surface area contributed by atoms with Gasteiger partial charge in [-0.25, -0.2) is 0 Å². The van der Waals surface area contributed by atoms with Gasteiger partial charge in [-0.2, -0.15) is 0 Å². The third-order valence-corrected chi connectivity index (χ3v) is 7.23. The predicted octanol–water partition coefficient (Wildman–Crippen LogP) is 4.78. The Balaban J connectivity index is 2.12. The molecule has 0 aromatic rings. The number of rotatable bonds is 0. The van der Waals surface area contributed by atoms with Gasteiger partial charge in [0.25, 0.3) is 0 Å². The summed E-state index contributed by atoms with van der Waals surface area (Å²) in [5.41, 5.74) is 0. The third kappa shape index (κ3) is 2.18. The van der Waals surface area contributed by atoms with Gasteiger partial charge in [-0.05, 0) is 38.8 Å². The lowest BCUT2D eigenvalue weighted by Gasteiger charge is -1.98. The van der Waals surface area contributed by atoms with Crippen molar-refractivity contribution < 1.29 is 0 Å². The van der Waals surface area contributed by atoms with Crippen molar-refractivity contribution in [2.24, 2.45) is 0 Å². The zero-order valence-corrected chi connectivity index (χ0v) is 10.7. The van der Waals surface area contributed by atoms with E-state index in [2.05, 4.69) is 38.8 Å². The van der Waals surface area contributed by atoms with Gasteiger partial charge in [-0.15, -0.1) is 0 Å². The minimum atomic E-state index is 1.38. The summed E-state index contributed by atoms with van der Waals surface area (Å²) in [5, 5.41) is 6.48. The molecule has 2 aliphatic heterocycles. The van der Waals surface area contributed by atoms with E-state index >= 15 is 0 Å². The van der Waals surface area contributed by atoms with E-state index in [1.165, 1.54) is 11.4 Å². The van der Waals surface area contributed by atoms with Crippen LogP contribution >= 0.6 is 69.6 Å². The van der Waals surface area contributed by atoms with Gasteiger partial charge < -0.3 is 0 Å². The number of hydrogen-bond acceptors (Lipinski definition) is 4. The molecule has 0 spiro atoms. The molecular formula is C6H3IS4. The Morgan fingerprint density at radius 2 is 1.73 bits per heavy atom. The van der Waals surface area contributed by atoms with E-state index in [1.54, 1.807) is 0 Å². The van der Waals surface area contributed by atoms with Crippen LogP contribution in [0.3, 0.4) is 0 Å². The highest BCUT2D eigenvalue weighted by atomic mass is 127. The molecule has 0 aromatic carbocycles. The smallest absolute Gasteiger partial charge is 0.0705 e. The fourth-order valence-corrected chi connectivity index (χ4v) is 6.17. The fourth-order valence-electron chi connectivity index (χ4n) is 0.629. The molecule has 0 radical (unpaired) electrons. The van der Waals surface area contributed by atoms with Crippen molar-refractivity contribution in [3.8, 4) is 0 Å². The van der Waals surface area contributed by atoms with Crippen LogP contribution in [0.15, 0.2) is 27.6 Å². The van der Waals surface area contributed by atoms with E-state index in [9.17, 15) is 0 Å². The second-order valence-electron chi connectivity index (χ2n) is 1.72. The lowest BCUT2D eigenvalue weighted by molar-refractivity contribution is 2.38. The summed E-state index contributed by atoms with van der Waals surface area (Å²) < 4.78 is 4.25. The van der Waals surface area contributed by atoms with E-state index in [4.69, 9.17) is 0 Å². The molecule has 2 heterocycles. The van der Waals surface area contributed by atoms with Gasteiger partial charge in [-0.1, -0.05) is 47.0 Å². The molecule has 0 saturated carbocycles. The van der Waals surface area contributed by atoms with Gasteiger partial charge in [0.2, 0.25) is 0 Å². The SMILES string of the molecule is IC1=CSC(=C2SC=CS2)S1. The maximum atomic E-state index is 2.36. The molecule has 0 fully saturated rings. The first-order chi connectivity index (χ1) is 5.36. The van der Waals surface area contributed by atoms with Crippen LogP contribution in [0.25, 0.3) is 0 Å². The highest BCUT2D eigenvalue weighted by Crippen LogP contribution is 2.54. The Labute approximate surface area is 96.2 Å². The quantitative estimate of drug-likeness (QED) is 0.586. The standard InChI is InChI=1S/C6H3IS4/c7-4-3-10-6(11-4)5-8-1-2-9-5/h1-3H. The van der Waals surface area contributed by atoms with Crippen LogP contribution in [0.5, 0.6) is 0 Å². The van der Waals surface area contributed by atoms with Gasteiger partial charge in [-0.3, -0.25) is 0 Å². The molecule has 0 N–H and O–H groups in total. The summed E-state index contributed by atoms with van der Waals surface area (Å²) in [7, 11) is 0. The first-order valence-corrected chi connectivity index (χ1v) is 7.32. The predicted molar refractivity (Wildman–Crippen MR) is 68.6 cm³/mol. The molecule has 0 nitrogen and oxygen atoms in total. The summed E-state index contributed by atoms with van der Waals surface area (Å²) in [6.07, 6.45) is 0. The van der Waals surface area contributed by atoms with Crippen molar-refractivity contribution >= 4 is 69.6 Å². The van der Waals surface area contributed by atoms with Crippen LogP contribution in [0.4, 0.5) is 0 Å². The third-order valence-electron chi connectivity index (χ3n) is 1.02. The van der Waals surface area contributed by atoms with E-state index in [0.29, 0.717) is 0 Å². The molecule has 0 saturated heterocycles. The Hall–Kier alpha value is 1.35. The molecule has 11 heavy (non-hydrogen) atoms. The van der Waals surface area contributed by atoms with Crippen LogP contribution in [0.1, 0.15) is 0 Å². The van der Waals surface area contributed by atoms with Gasteiger partial charge in [0.05, 0.1) is 11.4 Å². The van der Waals surface area contributed by atoms with Gasteiger partial charge in [0.15, 0.2) is 0 Å². The van der Waals surface area contributed by atoms with Gasteiger partial charge >= 0.3 is 0 Å². The van der Waals surface area contributed by atoms with Gasteiger partial charge in [0.1, 0.15) is 0 Å². The molecule has 0 aromatic heterocycles. The monoisotopic (exact) mass is 330 g/mol. The summed E-state index contributed by atoms with van der Waals surface area (Å²) in [6.45, 7) is 0.